The first-order valence-electron chi connectivity index (χ1n) is 9.74. The third-order valence-corrected chi connectivity index (χ3v) is 5.49. The summed E-state index contributed by atoms with van der Waals surface area (Å²) in [5.74, 6) is 1.22. The lowest BCUT2D eigenvalue weighted by atomic mass is 10.1. The molecule has 1 aliphatic heterocycles. The van der Waals surface area contributed by atoms with Gasteiger partial charge in [-0.1, -0.05) is 54.2 Å². The van der Waals surface area contributed by atoms with Crippen molar-refractivity contribution in [3.05, 3.63) is 90.0 Å². The predicted octanol–water partition coefficient (Wildman–Crippen LogP) is 4.86. The number of hydrogen-bond acceptors (Lipinski definition) is 5. The number of anilines is 1. The van der Waals surface area contributed by atoms with Crippen LogP contribution in [-0.2, 0) is 22.6 Å². The average Bonchev–Trinajstić information content (AvgIpc) is 3.07. The van der Waals surface area contributed by atoms with Gasteiger partial charge in [0.05, 0.1) is 18.7 Å². The highest BCUT2D eigenvalue weighted by atomic mass is 32.2. The van der Waals surface area contributed by atoms with Crippen molar-refractivity contribution in [2.45, 2.75) is 13.0 Å². The minimum absolute atomic E-state index is 0.169. The zero-order valence-corrected chi connectivity index (χ0v) is 17.4. The minimum Gasteiger partial charge on any atom is -0.457 e. The number of thioether (sulfide) groups is 1. The molecule has 1 aliphatic rings. The Balaban J connectivity index is 1.37. The van der Waals surface area contributed by atoms with E-state index in [9.17, 15) is 14.4 Å². The number of amides is 3. The fraction of sp³-hybridized carbons (Fsp3) is 0.125. The molecule has 0 unspecified atom stereocenters. The van der Waals surface area contributed by atoms with Gasteiger partial charge in [-0.05, 0) is 47.5 Å². The lowest BCUT2D eigenvalue weighted by Gasteiger charge is -2.14. The van der Waals surface area contributed by atoms with Crippen molar-refractivity contribution in [2.75, 3.05) is 11.1 Å². The average molecular weight is 433 g/mol. The summed E-state index contributed by atoms with van der Waals surface area (Å²) >= 11 is 1.01. The van der Waals surface area contributed by atoms with Crippen LogP contribution in [0.3, 0.4) is 0 Å². The fourth-order valence-electron chi connectivity index (χ4n) is 3.20. The Morgan fingerprint density at radius 1 is 0.903 bits per heavy atom. The SMILES string of the molecule is O=C(Cc1cccc(Oc2ccccc2)c1)Nc1cccc(CN2C(=O)CSC2=O)c1. The Morgan fingerprint density at radius 3 is 2.42 bits per heavy atom. The van der Waals surface area contributed by atoms with Crippen LogP contribution in [0.25, 0.3) is 0 Å². The van der Waals surface area contributed by atoms with Crippen LogP contribution in [0.4, 0.5) is 10.5 Å². The maximum atomic E-state index is 12.5. The molecule has 3 amide bonds. The summed E-state index contributed by atoms with van der Waals surface area (Å²) < 4.78 is 5.82. The molecule has 0 bridgehead atoms. The summed E-state index contributed by atoms with van der Waals surface area (Å²) in [6, 6.07) is 24.0. The minimum atomic E-state index is -0.239. The Bertz CT molecular complexity index is 1100. The highest BCUT2D eigenvalue weighted by Gasteiger charge is 2.29. The van der Waals surface area contributed by atoms with Gasteiger partial charge in [-0.15, -0.1) is 0 Å². The second-order valence-corrected chi connectivity index (χ2v) is 7.95. The quantitative estimate of drug-likeness (QED) is 0.577. The second-order valence-electron chi connectivity index (χ2n) is 7.02. The lowest BCUT2D eigenvalue weighted by molar-refractivity contribution is -0.125. The van der Waals surface area contributed by atoms with Gasteiger partial charge in [0.1, 0.15) is 11.5 Å². The van der Waals surface area contributed by atoms with Crippen LogP contribution in [0.1, 0.15) is 11.1 Å². The maximum absolute atomic E-state index is 12.5. The fourth-order valence-corrected chi connectivity index (χ4v) is 3.92. The molecule has 6 nitrogen and oxygen atoms in total. The zero-order chi connectivity index (χ0) is 21.6. The van der Waals surface area contributed by atoms with E-state index in [4.69, 9.17) is 4.74 Å². The maximum Gasteiger partial charge on any atom is 0.289 e. The molecule has 0 aromatic heterocycles. The second kappa shape index (κ2) is 9.49. The lowest BCUT2D eigenvalue weighted by Crippen LogP contribution is -2.27. The van der Waals surface area contributed by atoms with E-state index in [2.05, 4.69) is 5.32 Å². The van der Waals surface area contributed by atoms with Crippen LogP contribution in [0.15, 0.2) is 78.9 Å². The number of hydrogen-bond donors (Lipinski definition) is 1. The number of ether oxygens (including phenoxy) is 1. The van der Waals surface area contributed by atoms with Gasteiger partial charge in [-0.3, -0.25) is 19.3 Å². The zero-order valence-electron chi connectivity index (χ0n) is 16.6. The molecule has 1 N–H and O–H groups in total. The summed E-state index contributed by atoms with van der Waals surface area (Å²) in [7, 11) is 0. The third-order valence-electron chi connectivity index (χ3n) is 4.63. The molecule has 4 rings (SSSR count). The van der Waals surface area contributed by atoms with Gasteiger partial charge in [0, 0.05) is 5.69 Å². The number of benzene rings is 3. The predicted molar refractivity (Wildman–Crippen MR) is 120 cm³/mol. The van der Waals surface area contributed by atoms with Crippen molar-refractivity contribution in [3.63, 3.8) is 0 Å². The Hall–Kier alpha value is -3.58. The van der Waals surface area contributed by atoms with Gasteiger partial charge in [-0.25, -0.2) is 0 Å². The molecule has 0 atom stereocenters. The number of carbonyl (C=O) groups excluding carboxylic acids is 3. The molecule has 0 radical (unpaired) electrons. The first-order chi connectivity index (χ1) is 15.1. The topological polar surface area (TPSA) is 75.7 Å². The number of carbonyl (C=O) groups is 3. The molecule has 156 valence electrons. The van der Waals surface area contributed by atoms with Crippen molar-refractivity contribution in [1.29, 1.82) is 0 Å². The molecule has 31 heavy (non-hydrogen) atoms. The highest BCUT2D eigenvalue weighted by Crippen LogP contribution is 2.24. The standard InChI is InChI=1S/C24H20N2O4S/c27-22(14-17-6-5-11-21(13-17)30-20-9-2-1-3-10-20)25-19-8-4-7-18(12-19)15-26-23(28)16-31-24(26)29/h1-13H,14-16H2,(H,25,27). The first kappa shape index (κ1) is 20.7. The summed E-state index contributed by atoms with van der Waals surface area (Å²) in [5.41, 5.74) is 2.22. The van der Waals surface area contributed by atoms with E-state index >= 15 is 0 Å². The molecule has 1 saturated heterocycles. The van der Waals surface area contributed by atoms with Crippen LogP contribution < -0.4 is 10.1 Å². The van der Waals surface area contributed by atoms with Crippen molar-refractivity contribution in [2.24, 2.45) is 0 Å². The number of rotatable bonds is 7. The van der Waals surface area contributed by atoms with Crippen LogP contribution in [0, 0.1) is 0 Å². The van der Waals surface area contributed by atoms with Crippen molar-refractivity contribution < 1.29 is 19.1 Å². The summed E-state index contributed by atoms with van der Waals surface area (Å²) in [6.07, 6.45) is 0.190. The molecule has 3 aromatic carbocycles. The van der Waals surface area contributed by atoms with E-state index in [1.54, 1.807) is 18.2 Å². The van der Waals surface area contributed by atoms with Gasteiger partial charge < -0.3 is 10.1 Å². The van der Waals surface area contributed by atoms with Gasteiger partial charge in [0.25, 0.3) is 5.24 Å². The van der Waals surface area contributed by atoms with Crippen LogP contribution in [0.5, 0.6) is 11.5 Å². The van der Waals surface area contributed by atoms with Gasteiger partial charge in [-0.2, -0.15) is 0 Å². The Labute approximate surface area is 184 Å². The molecule has 1 fully saturated rings. The van der Waals surface area contributed by atoms with Gasteiger partial charge >= 0.3 is 0 Å². The van der Waals surface area contributed by atoms with Gasteiger partial charge in [0.15, 0.2) is 0 Å². The van der Waals surface area contributed by atoms with E-state index in [0.717, 1.165) is 28.6 Å². The molecule has 7 heteroatoms. The molecule has 0 spiro atoms. The Kier molecular flexibility index (Phi) is 6.33. The summed E-state index contributed by atoms with van der Waals surface area (Å²) in [4.78, 5) is 37.4. The molecule has 1 heterocycles. The largest absolute Gasteiger partial charge is 0.457 e. The number of nitrogens with one attached hydrogen (secondary N) is 1. The van der Waals surface area contributed by atoms with Gasteiger partial charge in [0.2, 0.25) is 11.8 Å². The van der Waals surface area contributed by atoms with E-state index in [-0.39, 0.29) is 35.8 Å². The molecule has 3 aromatic rings. The third kappa shape index (κ3) is 5.52. The Morgan fingerprint density at radius 2 is 1.65 bits per heavy atom. The molecular formula is C24H20N2O4S. The van der Waals surface area contributed by atoms with E-state index < -0.39 is 0 Å². The van der Waals surface area contributed by atoms with Crippen molar-refractivity contribution in [3.8, 4) is 11.5 Å². The molecular weight excluding hydrogens is 412 g/mol. The normalized spacial score (nSPS) is 13.4. The van der Waals surface area contributed by atoms with Crippen LogP contribution in [-0.4, -0.2) is 27.7 Å². The smallest absolute Gasteiger partial charge is 0.289 e. The first-order valence-corrected chi connectivity index (χ1v) is 10.7. The van der Waals surface area contributed by atoms with Crippen molar-refractivity contribution in [1.82, 2.24) is 4.90 Å². The van der Waals surface area contributed by atoms with E-state index in [1.807, 2.05) is 60.7 Å². The van der Waals surface area contributed by atoms with Crippen LogP contribution in [0.2, 0.25) is 0 Å². The van der Waals surface area contributed by atoms with Crippen LogP contribution >= 0.6 is 11.8 Å². The number of para-hydroxylation sites is 1. The molecule has 0 saturated carbocycles. The highest BCUT2D eigenvalue weighted by molar-refractivity contribution is 8.14. The monoisotopic (exact) mass is 432 g/mol. The van der Waals surface area contributed by atoms with Crippen molar-refractivity contribution >= 4 is 34.5 Å². The number of nitrogens with zero attached hydrogens (tertiary/aromatic N) is 1. The van der Waals surface area contributed by atoms with E-state index in [1.165, 1.54) is 4.90 Å². The summed E-state index contributed by atoms with van der Waals surface area (Å²) in [5, 5.41) is 2.64. The van der Waals surface area contributed by atoms with E-state index in [0.29, 0.717) is 11.4 Å². The molecule has 0 aliphatic carbocycles. The number of imide groups is 1. The summed E-state index contributed by atoms with van der Waals surface area (Å²) in [6.45, 7) is 0.202.